The second kappa shape index (κ2) is 6.46. The number of carboxylic acid groups (broad SMARTS) is 1. The van der Waals surface area contributed by atoms with E-state index < -0.39 is 45.1 Å². The molecule has 0 saturated carbocycles. The molecule has 1 N–H and O–H groups in total. The summed E-state index contributed by atoms with van der Waals surface area (Å²) in [7, 11) is -4.25. The van der Waals surface area contributed by atoms with Crippen LogP contribution in [-0.4, -0.2) is 49.6 Å². The highest BCUT2D eigenvalue weighted by Gasteiger charge is 2.37. The molecule has 1 aliphatic rings. The van der Waals surface area contributed by atoms with E-state index in [9.17, 15) is 26.4 Å². The molecule has 0 unspecified atom stereocenters. The lowest BCUT2D eigenvalue weighted by Gasteiger charge is -2.33. The molecule has 0 spiro atoms. The van der Waals surface area contributed by atoms with E-state index in [1.54, 1.807) is 0 Å². The van der Waals surface area contributed by atoms with Gasteiger partial charge in [-0.1, -0.05) is 6.07 Å². The average molecular weight is 353 g/mol. The number of carbonyl (C=O) groups is 1. The Hall–Kier alpha value is -1.65. The van der Waals surface area contributed by atoms with Gasteiger partial charge in [0.05, 0.1) is 36.1 Å². The molecule has 0 amide bonds. The summed E-state index contributed by atoms with van der Waals surface area (Å²) in [5, 5.41) is 8.84. The number of halogens is 3. The number of alkyl halides is 3. The number of morpholine rings is 1. The molecule has 10 heteroatoms. The highest BCUT2D eigenvalue weighted by Crippen LogP contribution is 2.31. The molecule has 6 nitrogen and oxygen atoms in total. The third-order valence-corrected chi connectivity index (χ3v) is 5.30. The van der Waals surface area contributed by atoms with Gasteiger partial charge in [-0.2, -0.15) is 17.5 Å². The van der Waals surface area contributed by atoms with E-state index in [1.807, 2.05) is 0 Å². The summed E-state index contributed by atoms with van der Waals surface area (Å²) in [6, 6.07) is 2.41. The number of benzene rings is 1. The summed E-state index contributed by atoms with van der Waals surface area (Å²) in [6.07, 6.45) is -5.16. The Kier molecular flexibility index (Phi) is 4.97. The molecule has 1 aromatic carbocycles. The summed E-state index contributed by atoms with van der Waals surface area (Å²) in [6.45, 7) is -0.185. The van der Waals surface area contributed by atoms with Crippen molar-refractivity contribution in [2.75, 3.05) is 19.8 Å². The van der Waals surface area contributed by atoms with Gasteiger partial charge in [0.15, 0.2) is 0 Å². The van der Waals surface area contributed by atoms with E-state index in [0.717, 1.165) is 22.5 Å². The molecule has 23 heavy (non-hydrogen) atoms. The summed E-state index contributed by atoms with van der Waals surface area (Å²) in [5.41, 5.74) is -1.08. The van der Waals surface area contributed by atoms with Crippen LogP contribution in [0.1, 0.15) is 12.0 Å². The van der Waals surface area contributed by atoms with E-state index in [-0.39, 0.29) is 19.8 Å². The van der Waals surface area contributed by atoms with Crippen molar-refractivity contribution in [2.45, 2.75) is 23.5 Å². The Morgan fingerprint density at radius 2 is 2.09 bits per heavy atom. The number of hydrogen-bond acceptors (Lipinski definition) is 4. The predicted octanol–water partition coefficient (Wildman–Crippen LogP) is 1.57. The van der Waals surface area contributed by atoms with Crippen molar-refractivity contribution in [1.29, 1.82) is 0 Å². The Labute approximate surface area is 130 Å². The third-order valence-electron chi connectivity index (χ3n) is 3.35. The van der Waals surface area contributed by atoms with Crippen LogP contribution in [0.3, 0.4) is 0 Å². The van der Waals surface area contributed by atoms with Crippen LogP contribution < -0.4 is 0 Å². The molecule has 1 saturated heterocycles. The van der Waals surface area contributed by atoms with E-state index in [0.29, 0.717) is 6.07 Å². The molecule has 0 bridgehead atoms. The first-order valence-electron chi connectivity index (χ1n) is 6.61. The number of rotatable bonds is 4. The van der Waals surface area contributed by atoms with E-state index in [1.165, 1.54) is 0 Å². The number of hydrogen-bond donors (Lipinski definition) is 1. The SMILES string of the molecule is O=C(O)C[C@H]1COCCN1S(=O)(=O)c1cccc(C(F)(F)F)c1. The van der Waals surface area contributed by atoms with Gasteiger partial charge in [0.25, 0.3) is 0 Å². The van der Waals surface area contributed by atoms with Crippen molar-refractivity contribution in [3.05, 3.63) is 29.8 Å². The molecular weight excluding hydrogens is 339 g/mol. The molecule has 1 atom stereocenters. The normalized spacial score (nSPS) is 20.4. The molecule has 1 aliphatic heterocycles. The van der Waals surface area contributed by atoms with Gasteiger partial charge in [-0.05, 0) is 18.2 Å². The zero-order valence-corrected chi connectivity index (χ0v) is 12.6. The van der Waals surface area contributed by atoms with Gasteiger partial charge in [0, 0.05) is 6.54 Å². The Bertz CT molecular complexity index is 689. The third kappa shape index (κ3) is 4.01. The fourth-order valence-electron chi connectivity index (χ4n) is 2.29. The zero-order chi connectivity index (χ0) is 17.3. The molecule has 2 rings (SSSR count). The van der Waals surface area contributed by atoms with Crippen molar-refractivity contribution in [1.82, 2.24) is 4.31 Å². The lowest BCUT2D eigenvalue weighted by atomic mass is 10.2. The highest BCUT2D eigenvalue weighted by molar-refractivity contribution is 7.89. The molecule has 1 aromatic rings. The van der Waals surface area contributed by atoms with Crippen LogP contribution in [0.5, 0.6) is 0 Å². The van der Waals surface area contributed by atoms with Crippen LogP contribution in [0.25, 0.3) is 0 Å². The minimum Gasteiger partial charge on any atom is -0.481 e. The molecule has 0 aliphatic carbocycles. The van der Waals surface area contributed by atoms with Gasteiger partial charge in [0.2, 0.25) is 10.0 Å². The summed E-state index contributed by atoms with van der Waals surface area (Å²) in [5.74, 6) is -1.22. The van der Waals surface area contributed by atoms with Crippen molar-refractivity contribution in [3.63, 3.8) is 0 Å². The molecule has 0 aromatic heterocycles. The maximum Gasteiger partial charge on any atom is 0.416 e. The zero-order valence-electron chi connectivity index (χ0n) is 11.8. The summed E-state index contributed by atoms with van der Waals surface area (Å²) in [4.78, 5) is 10.3. The van der Waals surface area contributed by atoms with Crippen molar-refractivity contribution in [3.8, 4) is 0 Å². The number of nitrogens with zero attached hydrogens (tertiary/aromatic N) is 1. The fraction of sp³-hybridized carbons (Fsp3) is 0.462. The van der Waals surface area contributed by atoms with Gasteiger partial charge in [-0.25, -0.2) is 8.42 Å². The molecule has 1 fully saturated rings. The predicted molar refractivity (Wildman–Crippen MR) is 72.2 cm³/mol. The maximum absolute atomic E-state index is 12.7. The standard InChI is InChI=1S/C13H14F3NO5S/c14-13(15,16)9-2-1-3-11(6-9)23(20,21)17-4-5-22-8-10(17)7-12(18)19/h1-3,6,10H,4-5,7-8H2,(H,18,19)/t10-/m0/s1. The lowest BCUT2D eigenvalue weighted by Crippen LogP contribution is -2.49. The summed E-state index contributed by atoms with van der Waals surface area (Å²) >= 11 is 0. The fourth-order valence-corrected chi connectivity index (χ4v) is 3.93. The van der Waals surface area contributed by atoms with Gasteiger partial charge >= 0.3 is 12.1 Å². The number of sulfonamides is 1. The monoisotopic (exact) mass is 353 g/mol. The van der Waals surface area contributed by atoms with Crippen molar-refractivity contribution < 1.29 is 36.2 Å². The lowest BCUT2D eigenvalue weighted by molar-refractivity contribution is -0.139. The van der Waals surface area contributed by atoms with Gasteiger partial charge < -0.3 is 9.84 Å². The highest BCUT2D eigenvalue weighted by atomic mass is 32.2. The van der Waals surface area contributed by atoms with Crippen molar-refractivity contribution >= 4 is 16.0 Å². The minimum absolute atomic E-state index is 0.0499. The first-order valence-corrected chi connectivity index (χ1v) is 8.05. The first-order chi connectivity index (χ1) is 10.6. The first kappa shape index (κ1) is 17.7. The Balaban J connectivity index is 2.38. The van der Waals surface area contributed by atoms with Gasteiger partial charge in [-0.3, -0.25) is 4.79 Å². The average Bonchev–Trinajstić information content (AvgIpc) is 2.46. The number of carboxylic acids is 1. The topological polar surface area (TPSA) is 83.9 Å². The molecular formula is C13H14F3NO5S. The molecule has 1 heterocycles. The van der Waals surface area contributed by atoms with Crippen LogP contribution in [0, 0.1) is 0 Å². The van der Waals surface area contributed by atoms with E-state index in [4.69, 9.17) is 9.84 Å². The van der Waals surface area contributed by atoms with Crippen LogP contribution in [0.4, 0.5) is 13.2 Å². The summed E-state index contributed by atoms with van der Waals surface area (Å²) < 4.78 is 69.3. The van der Waals surface area contributed by atoms with Crippen LogP contribution in [0.15, 0.2) is 29.2 Å². The van der Waals surface area contributed by atoms with Crippen LogP contribution in [0.2, 0.25) is 0 Å². The van der Waals surface area contributed by atoms with Crippen molar-refractivity contribution in [2.24, 2.45) is 0 Å². The van der Waals surface area contributed by atoms with Crippen LogP contribution in [-0.2, 0) is 25.7 Å². The number of ether oxygens (including phenoxy) is 1. The largest absolute Gasteiger partial charge is 0.481 e. The molecule has 128 valence electrons. The smallest absolute Gasteiger partial charge is 0.416 e. The van der Waals surface area contributed by atoms with E-state index in [2.05, 4.69) is 0 Å². The number of aliphatic carboxylic acids is 1. The van der Waals surface area contributed by atoms with Crippen LogP contribution >= 0.6 is 0 Å². The molecule has 0 radical (unpaired) electrons. The Morgan fingerprint density at radius 3 is 2.70 bits per heavy atom. The maximum atomic E-state index is 12.7. The van der Waals surface area contributed by atoms with E-state index >= 15 is 0 Å². The Morgan fingerprint density at radius 1 is 1.39 bits per heavy atom. The van der Waals surface area contributed by atoms with Gasteiger partial charge in [-0.15, -0.1) is 0 Å². The minimum atomic E-state index is -4.67. The second-order valence-corrected chi connectivity index (χ2v) is 6.86. The van der Waals surface area contributed by atoms with Gasteiger partial charge in [0.1, 0.15) is 0 Å². The second-order valence-electron chi connectivity index (χ2n) is 4.97. The quantitative estimate of drug-likeness (QED) is 0.888.